The topological polar surface area (TPSA) is 52.7 Å². The molecule has 0 aliphatic heterocycles. The second-order valence-electron chi connectivity index (χ2n) is 5.37. The van der Waals surface area contributed by atoms with Crippen molar-refractivity contribution in [2.24, 2.45) is 5.41 Å². The fourth-order valence-corrected chi connectivity index (χ4v) is 2.80. The minimum absolute atomic E-state index is 0.456. The molecule has 18 heavy (non-hydrogen) atoms. The van der Waals surface area contributed by atoms with Gasteiger partial charge in [-0.15, -0.1) is 0 Å². The van der Waals surface area contributed by atoms with Crippen molar-refractivity contribution in [2.45, 2.75) is 19.3 Å². The Morgan fingerprint density at radius 3 is 2.94 bits per heavy atom. The summed E-state index contributed by atoms with van der Waals surface area (Å²) in [5.41, 5.74) is 3.75. The van der Waals surface area contributed by atoms with E-state index in [1.165, 1.54) is 24.9 Å². The predicted molar refractivity (Wildman–Crippen MR) is 74.8 cm³/mol. The van der Waals surface area contributed by atoms with Crippen LogP contribution < -0.4 is 10.6 Å². The maximum absolute atomic E-state index is 4.23. The highest BCUT2D eigenvalue weighted by Gasteiger charge is 2.35. The second kappa shape index (κ2) is 4.61. The average molecular weight is 244 g/mol. The van der Waals surface area contributed by atoms with E-state index in [0.717, 1.165) is 24.1 Å². The third-order valence-electron chi connectivity index (χ3n) is 4.05. The third kappa shape index (κ3) is 2.08. The molecular weight excluding hydrogens is 224 g/mol. The van der Waals surface area contributed by atoms with E-state index in [0.29, 0.717) is 5.41 Å². The number of hydrogen-bond acceptors (Lipinski definition) is 3. The van der Waals surface area contributed by atoms with E-state index in [4.69, 9.17) is 0 Å². The summed E-state index contributed by atoms with van der Waals surface area (Å²) in [5.74, 6) is 0. The summed E-state index contributed by atoms with van der Waals surface area (Å²) in [6.07, 6.45) is 5.76. The van der Waals surface area contributed by atoms with E-state index in [1.54, 1.807) is 6.33 Å². The number of aromatic nitrogens is 2. The molecule has 0 atom stereocenters. The highest BCUT2D eigenvalue weighted by Crippen LogP contribution is 2.40. The van der Waals surface area contributed by atoms with Gasteiger partial charge < -0.3 is 15.6 Å². The molecule has 1 aliphatic carbocycles. The Morgan fingerprint density at radius 2 is 2.22 bits per heavy atom. The van der Waals surface area contributed by atoms with Gasteiger partial charge in [0.2, 0.25) is 0 Å². The molecule has 0 bridgehead atoms. The molecule has 96 valence electrons. The summed E-state index contributed by atoms with van der Waals surface area (Å²) in [5, 5.41) is 6.88. The molecule has 1 fully saturated rings. The number of benzene rings is 1. The zero-order valence-electron chi connectivity index (χ0n) is 10.8. The van der Waals surface area contributed by atoms with Crippen LogP contribution in [-0.4, -0.2) is 30.1 Å². The Kier molecular flexibility index (Phi) is 2.96. The Morgan fingerprint density at radius 1 is 1.33 bits per heavy atom. The van der Waals surface area contributed by atoms with Crippen molar-refractivity contribution in [1.82, 2.24) is 15.3 Å². The fourth-order valence-electron chi connectivity index (χ4n) is 2.80. The first kappa shape index (κ1) is 11.5. The smallest absolute Gasteiger partial charge is 0.0931 e. The van der Waals surface area contributed by atoms with E-state index >= 15 is 0 Å². The minimum Gasteiger partial charge on any atom is -0.384 e. The summed E-state index contributed by atoms with van der Waals surface area (Å²) < 4.78 is 0. The number of aromatic amines is 1. The van der Waals surface area contributed by atoms with Crippen LogP contribution in [0.15, 0.2) is 24.5 Å². The number of rotatable bonds is 5. The number of nitrogens with zero attached hydrogens (tertiary/aromatic N) is 1. The lowest BCUT2D eigenvalue weighted by Gasteiger charge is -2.42. The van der Waals surface area contributed by atoms with Gasteiger partial charge in [0.05, 0.1) is 17.4 Å². The van der Waals surface area contributed by atoms with Gasteiger partial charge in [0.25, 0.3) is 0 Å². The lowest BCUT2D eigenvalue weighted by atomic mass is 9.68. The highest BCUT2D eigenvalue weighted by molar-refractivity contribution is 5.78. The molecule has 1 aromatic carbocycles. The van der Waals surface area contributed by atoms with Crippen molar-refractivity contribution in [3.05, 3.63) is 24.5 Å². The molecule has 0 amide bonds. The van der Waals surface area contributed by atoms with Gasteiger partial charge in [-0.2, -0.15) is 0 Å². The zero-order valence-corrected chi connectivity index (χ0v) is 10.8. The monoisotopic (exact) mass is 244 g/mol. The molecule has 3 N–H and O–H groups in total. The van der Waals surface area contributed by atoms with Crippen LogP contribution in [0.2, 0.25) is 0 Å². The van der Waals surface area contributed by atoms with Crippen molar-refractivity contribution < 1.29 is 0 Å². The standard InChI is InChI=1S/C14H20N4/c1-15-8-14(5-2-6-14)9-16-11-3-4-12-13(7-11)18-10-17-12/h3-4,7,10,15-16H,2,5-6,8-9H2,1H3,(H,17,18). The molecule has 0 radical (unpaired) electrons. The van der Waals surface area contributed by atoms with Crippen LogP contribution in [0.5, 0.6) is 0 Å². The van der Waals surface area contributed by atoms with Gasteiger partial charge >= 0.3 is 0 Å². The summed E-state index contributed by atoms with van der Waals surface area (Å²) in [7, 11) is 2.04. The first-order valence-electron chi connectivity index (χ1n) is 6.63. The molecule has 1 aliphatic rings. The van der Waals surface area contributed by atoms with Gasteiger partial charge in [-0.3, -0.25) is 0 Å². The number of H-pyrrole nitrogens is 1. The highest BCUT2D eigenvalue weighted by atomic mass is 14.9. The number of nitrogens with one attached hydrogen (secondary N) is 3. The second-order valence-corrected chi connectivity index (χ2v) is 5.37. The zero-order chi connectivity index (χ0) is 12.4. The van der Waals surface area contributed by atoms with E-state index in [2.05, 4.69) is 38.8 Å². The molecule has 1 saturated carbocycles. The van der Waals surface area contributed by atoms with Crippen LogP contribution >= 0.6 is 0 Å². The van der Waals surface area contributed by atoms with Gasteiger partial charge in [-0.05, 0) is 38.1 Å². The maximum Gasteiger partial charge on any atom is 0.0931 e. The molecule has 0 unspecified atom stereocenters. The minimum atomic E-state index is 0.456. The van der Waals surface area contributed by atoms with E-state index in [1.807, 2.05) is 7.05 Å². The van der Waals surface area contributed by atoms with Gasteiger partial charge in [0.15, 0.2) is 0 Å². The van der Waals surface area contributed by atoms with Crippen molar-refractivity contribution in [3.8, 4) is 0 Å². The molecule has 0 saturated heterocycles. The van der Waals surface area contributed by atoms with Crippen LogP contribution in [0.25, 0.3) is 11.0 Å². The average Bonchev–Trinajstić information content (AvgIpc) is 2.79. The maximum atomic E-state index is 4.23. The number of hydrogen-bond donors (Lipinski definition) is 3. The van der Waals surface area contributed by atoms with Gasteiger partial charge in [-0.25, -0.2) is 4.98 Å². The molecule has 2 aromatic rings. The molecular formula is C14H20N4. The SMILES string of the molecule is CNCC1(CNc2ccc3nc[nH]c3c2)CCC1. The van der Waals surface area contributed by atoms with E-state index in [-0.39, 0.29) is 0 Å². The Hall–Kier alpha value is -1.55. The van der Waals surface area contributed by atoms with Crippen LogP contribution in [0.1, 0.15) is 19.3 Å². The Balaban J connectivity index is 1.68. The van der Waals surface area contributed by atoms with Crippen LogP contribution in [0.3, 0.4) is 0 Å². The molecule has 1 heterocycles. The van der Waals surface area contributed by atoms with Crippen molar-refractivity contribution in [1.29, 1.82) is 0 Å². The number of fused-ring (bicyclic) bond motifs is 1. The third-order valence-corrected chi connectivity index (χ3v) is 4.05. The van der Waals surface area contributed by atoms with Gasteiger partial charge in [-0.1, -0.05) is 6.42 Å². The van der Waals surface area contributed by atoms with Crippen LogP contribution in [-0.2, 0) is 0 Å². The van der Waals surface area contributed by atoms with Crippen molar-refractivity contribution in [2.75, 3.05) is 25.5 Å². The first-order valence-corrected chi connectivity index (χ1v) is 6.63. The van der Waals surface area contributed by atoms with E-state index < -0.39 is 0 Å². The van der Waals surface area contributed by atoms with Crippen molar-refractivity contribution in [3.63, 3.8) is 0 Å². The summed E-state index contributed by atoms with van der Waals surface area (Å²) in [6, 6.07) is 6.29. The van der Waals surface area contributed by atoms with E-state index in [9.17, 15) is 0 Å². The molecule has 0 spiro atoms. The molecule has 1 aromatic heterocycles. The quantitative estimate of drug-likeness (QED) is 0.757. The lowest BCUT2D eigenvalue weighted by Crippen LogP contribution is -2.44. The number of anilines is 1. The first-order chi connectivity index (χ1) is 8.81. The van der Waals surface area contributed by atoms with Crippen molar-refractivity contribution >= 4 is 16.7 Å². The molecule has 3 rings (SSSR count). The predicted octanol–water partition coefficient (Wildman–Crippen LogP) is 2.36. The molecule has 4 nitrogen and oxygen atoms in total. The normalized spacial score (nSPS) is 17.6. The van der Waals surface area contributed by atoms with Crippen LogP contribution in [0, 0.1) is 5.41 Å². The Bertz CT molecular complexity index is 527. The van der Waals surface area contributed by atoms with Crippen LogP contribution in [0.4, 0.5) is 5.69 Å². The number of imidazole rings is 1. The summed E-state index contributed by atoms with van der Waals surface area (Å²) >= 11 is 0. The van der Waals surface area contributed by atoms with Gasteiger partial charge in [0.1, 0.15) is 0 Å². The summed E-state index contributed by atoms with van der Waals surface area (Å²) in [4.78, 5) is 7.38. The lowest BCUT2D eigenvalue weighted by molar-refractivity contribution is 0.151. The Labute approximate surface area is 107 Å². The molecule has 4 heteroatoms. The largest absolute Gasteiger partial charge is 0.384 e. The fraction of sp³-hybridized carbons (Fsp3) is 0.500. The van der Waals surface area contributed by atoms with Gasteiger partial charge in [0, 0.05) is 24.2 Å². The summed E-state index contributed by atoms with van der Waals surface area (Å²) in [6.45, 7) is 2.15.